The van der Waals surface area contributed by atoms with Crippen LogP contribution in [-0.4, -0.2) is 34.8 Å². The molecule has 0 aromatic heterocycles. The van der Waals surface area contributed by atoms with E-state index in [1.54, 1.807) is 0 Å². The Morgan fingerprint density at radius 3 is 2.22 bits per heavy atom. The molecule has 0 saturated carbocycles. The molecule has 2 aliphatic rings. The summed E-state index contributed by atoms with van der Waals surface area (Å²) >= 11 is 1.07. The summed E-state index contributed by atoms with van der Waals surface area (Å²) in [5.74, 6) is 0.130. The molecule has 37 heavy (non-hydrogen) atoms. The molecule has 1 N–H and O–H groups in total. The van der Waals surface area contributed by atoms with Crippen LogP contribution in [0.2, 0.25) is 0 Å². The number of nitrogens with one attached hydrogen (secondary N) is 1. The molecule has 1 aliphatic carbocycles. The first-order valence-corrected chi connectivity index (χ1v) is 13.3. The van der Waals surface area contributed by atoms with E-state index in [4.69, 9.17) is 9.47 Å². The highest BCUT2D eigenvalue weighted by atomic mass is 32.2. The van der Waals surface area contributed by atoms with E-state index >= 15 is 0 Å². The number of aryl methyl sites for hydroxylation is 1. The number of nitro groups is 1. The lowest BCUT2D eigenvalue weighted by atomic mass is 9.98. The third-order valence-corrected chi connectivity index (χ3v) is 8.15. The number of hydrogen-bond donors (Lipinski definition) is 1. The van der Waals surface area contributed by atoms with Gasteiger partial charge in [-0.25, -0.2) is 4.79 Å². The van der Waals surface area contributed by atoms with Crippen LogP contribution < -0.4 is 5.32 Å². The fraction of sp³-hybridized carbons (Fsp3) is 0.345. The Bertz CT molecular complexity index is 1270. The summed E-state index contributed by atoms with van der Waals surface area (Å²) in [5, 5.41) is 13.3. The molecule has 0 unspecified atom stereocenters. The van der Waals surface area contributed by atoms with Crippen molar-refractivity contribution in [3.8, 4) is 11.1 Å². The molecule has 1 saturated heterocycles. The van der Waals surface area contributed by atoms with Crippen molar-refractivity contribution < 1.29 is 19.2 Å². The minimum Gasteiger partial charge on any atom is -0.449 e. The summed E-state index contributed by atoms with van der Waals surface area (Å²) in [6.45, 7) is 6.16. The van der Waals surface area contributed by atoms with Crippen molar-refractivity contribution in [2.24, 2.45) is 5.92 Å². The smallest absolute Gasteiger partial charge is 0.407 e. The van der Waals surface area contributed by atoms with Crippen LogP contribution in [0.15, 0.2) is 77.7 Å². The van der Waals surface area contributed by atoms with Crippen molar-refractivity contribution in [1.29, 1.82) is 0 Å². The minimum absolute atomic E-state index is 0.0613. The summed E-state index contributed by atoms with van der Waals surface area (Å²) in [6.07, 6.45) is -0.837. The first-order valence-electron chi connectivity index (χ1n) is 12.5. The lowest BCUT2D eigenvalue weighted by molar-refractivity contribution is -0.532. The second kappa shape index (κ2) is 10.2. The minimum atomic E-state index is -1.63. The highest BCUT2D eigenvalue weighted by molar-refractivity contribution is 8.00. The molecule has 1 heterocycles. The van der Waals surface area contributed by atoms with Crippen LogP contribution in [0.3, 0.4) is 0 Å². The number of ether oxygens (including phenoxy) is 2. The van der Waals surface area contributed by atoms with Gasteiger partial charge in [0.2, 0.25) is 0 Å². The highest BCUT2D eigenvalue weighted by Crippen LogP contribution is 2.52. The van der Waals surface area contributed by atoms with Crippen molar-refractivity contribution in [3.05, 3.63) is 99.6 Å². The van der Waals surface area contributed by atoms with Crippen molar-refractivity contribution in [3.63, 3.8) is 0 Å². The van der Waals surface area contributed by atoms with Gasteiger partial charge < -0.3 is 10.1 Å². The van der Waals surface area contributed by atoms with Crippen LogP contribution >= 0.6 is 11.8 Å². The number of hydrogen-bond acceptors (Lipinski definition) is 6. The number of nitrogens with zero attached hydrogens (tertiary/aromatic N) is 1. The van der Waals surface area contributed by atoms with Crippen LogP contribution in [0.4, 0.5) is 4.79 Å². The molecule has 3 aromatic carbocycles. The Kier molecular flexibility index (Phi) is 6.96. The number of thioether (sulfide) groups is 1. The molecular weight excluding hydrogens is 488 g/mol. The molecule has 192 valence electrons. The molecule has 0 spiro atoms. The Labute approximate surface area is 220 Å². The van der Waals surface area contributed by atoms with Crippen LogP contribution in [0.1, 0.15) is 42.9 Å². The summed E-state index contributed by atoms with van der Waals surface area (Å²) in [7, 11) is 0. The number of carbonyl (C=O) groups is 1. The Morgan fingerprint density at radius 2 is 1.65 bits per heavy atom. The molecular formula is C29H30N2O5S. The Balaban J connectivity index is 1.28. The van der Waals surface area contributed by atoms with E-state index in [2.05, 4.69) is 29.6 Å². The monoisotopic (exact) mass is 518 g/mol. The number of benzene rings is 3. The van der Waals surface area contributed by atoms with Gasteiger partial charge in [-0.1, -0.05) is 80.1 Å². The third kappa shape index (κ3) is 5.08. The van der Waals surface area contributed by atoms with Gasteiger partial charge in [0.05, 0.1) is 11.0 Å². The van der Waals surface area contributed by atoms with Crippen molar-refractivity contribution >= 4 is 17.9 Å². The SMILES string of the molecule is Cc1ccc(S[C@]2([N+](=O)[O-])O[C@@H]2[C@H](CC(C)C)NC(=O)OCC2c3ccccc3-c3ccccc32)cc1. The first-order chi connectivity index (χ1) is 17.8. The fourth-order valence-corrected chi connectivity index (χ4v) is 6.20. The van der Waals surface area contributed by atoms with Gasteiger partial charge in [0.25, 0.3) is 0 Å². The molecule has 1 aliphatic heterocycles. The predicted molar refractivity (Wildman–Crippen MR) is 143 cm³/mol. The number of alkyl carbamates (subject to hydrolysis) is 1. The number of fused-ring (bicyclic) bond motifs is 3. The van der Waals surface area contributed by atoms with Crippen molar-refractivity contribution in [1.82, 2.24) is 5.32 Å². The van der Waals surface area contributed by atoms with E-state index in [9.17, 15) is 14.9 Å². The quantitative estimate of drug-likeness (QED) is 0.153. The molecule has 7 nitrogen and oxygen atoms in total. The summed E-state index contributed by atoms with van der Waals surface area (Å²) in [6, 6.07) is 23.3. The lowest BCUT2D eigenvalue weighted by Gasteiger charge is -2.20. The van der Waals surface area contributed by atoms with E-state index in [1.807, 2.05) is 69.3 Å². The highest BCUT2D eigenvalue weighted by Gasteiger charge is 2.73. The molecule has 1 amide bonds. The lowest BCUT2D eigenvalue weighted by Crippen LogP contribution is -2.43. The maximum atomic E-state index is 13.0. The third-order valence-electron chi connectivity index (χ3n) is 6.88. The summed E-state index contributed by atoms with van der Waals surface area (Å²) < 4.78 is 11.4. The van der Waals surface area contributed by atoms with Crippen LogP contribution in [-0.2, 0) is 9.47 Å². The van der Waals surface area contributed by atoms with Gasteiger partial charge in [-0.2, -0.15) is 0 Å². The van der Waals surface area contributed by atoms with Crippen LogP contribution in [0.5, 0.6) is 0 Å². The zero-order valence-electron chi connectivity index (χ0n) is 21.0. The first kappa shape index (κ1) is 25.3. The van der Waals surface area contributed by atoms with E-state index in [-0.39, 0.29) is 18.4 Å². The van der Waals surface area contributed by atoms with Gasteiger partial charge in [-0.15, -0.1) is 0 Å². The van der Waals surface area contributed by atoms with Gasteiger partial charge in [-0.05, 0) is 65.4 Å². The second-order valence-electron chi connectivity index (χ2n) is 10.0. The van der Waals surface area contributed by atoms with E-state index < -0.39 is 28.2 Å². The van der Waals surface area contributed by atoms with E-state index in [0.29, 0.717) is 6.42 Å². The fourth-order valence-electron chi connectivity index (χ4n) is 5.08. The van der Waals surface area contributed by atoms with E-state index in [0.717, 1.165) is 44.5 Å². The zero-order chi connectivity index (χ0) is 26.2. The van der Waals surface area contributed by atoms with Crippen molar-refractivity contribution in [2.75, 3.05) is 6.61 Å². The van der Waals surface area contributed by atoms with E-state index in [1.165, 1.54) is 0 Å². The molecule has 8 heteroatoms. The standard InChI is InChI=1S/C29H30N2O5S/c1-18(2)16-26(27-29(36-27,31(33)34)37-20-14-12-19(3)13-15-20)30-28(32)35-17-25-23-10-6-4-8-21(23)22-9-5-7-11-24(22)25/h4-15,18,25-27H,16-17H2,1-3H3,(H,30,32)/t26-,27+,29+/m0/s1. The number of carbonyl (C=O) groups excluding carboxylic acids is 1. The molecule has 1 fully saturated rings. The average Bonchev–Trinajstić information content (AvgIpc) is 3.52. The summed E-state index contributed by atoms with van der Waals surface area (Å²) in [4.78, 5) is 25.4. The summed E-state index contributed by atoms with van der Waals surface area (Å²) in [5.41, 5.74) is 5.63. The predicted octanol–water partition coefficient (Wildman–Crippen LogP) is 6.37. The topological polar surface area (TPSA) is 94.0 Å². The van der Waals surface area contributed by atoms with Crippen LogP contribution in [0, 0.1) is 23.0 Å². The van der Waals surface area contributed by atoms with Gasteiger partial charge >= 0.3 is 11.2 Å². The van der Waals surface area contributed by atoms with Gasteiger partial charge in [0, 0.05) is 10.8 Å². The second-order valence-corrected chi connectivity index (χ2v) is 11.3. The number of epoxide rings is 1. The zero-order valence-corrected chi connectivity index (χ0v) is 21.9. The molecule has 0 bridgehead atoms. The molecule has 3 aromatic rings. The van der Waals surface area contributed by atoms with Gasteiger partial charge in [-0.3, -0.25) is 14.9 Å². The van der Waals surface area contributed by atoms with Crippen LogP contribution in [0.25, 0.3) is 11.1 Å². The largest absolute Gasteiger partial charge is 0.449 e. The van der Waals surface area contributed by atoms with Gasteiger partial charge in [0.1, 0.15) is 6.61 Å². The molecule has 3 atom stereocenters. The number of rotatable bonds is 9. The Morgan fingerprint density at radius 1 is 1.05 bits per heavy atom. The molecule has 5 rings (SSSR count). The number of amides is 1. The van der Waals surface area contributed by atoms with Gasteiger partial charge in [0.15, 0.2) is 6.10 Å². The molecule has 0 radical (unpaired) electrons. The average molecular weight is 519 g/mol. The maximum absolute atomic E-state index is 13.0. The van der Waals surface area contributed by atoms with Crippen molar-refractivity contribution in [2.45, 2.75) is 55.2 Å². The Hall–Kier alpha value is -3.36. The maximum Gasteiger partial charge on any atom is 0.407 e. The normalized spacial score (nSPS) is 20.7.